The molecule has 2 N–H and O–H groups in total. The van der Waals surface area contributed by atoms with E-state index in [1.807, 2.05) is 78.9 Å². The molecule has 1 aliphatic heterocycles. The molecule has 0 saturated heterocycles. The van der Waals surface area contributed by atoms with E-state index < -0.39 is 12.1 Å². The molecule has 3 aromatic carbocycles. The van der Waals surface area contributed by atoms with Gasteiger partial charge in [0.15, 0.2) is 6.04 Å². The van der Waals surface area contributed by atoms with E-state index in [1.54, 1.807) is 0 Å². The molecule has 1 amide bonds. The summed E-state index contributed by atoms with van der Waals surface area (Å²) in [7, 11) is 0. The lowest BCUT2D eigenvalue weighted by atomic mass is 9.83. The molecule has 5 heteroatoms. The van der Waals surface area contributed by atoms with Crippen LogP contribution in [0, 0.1) is 0 Å². The van der Waals surface area contributed by atoms with Crippen molar-refractivity contribution in [1.29, 1.82) is 0 Å². The molecule has 2 aliphatic rings. The molecule has 2 atom stereocenters. The summed E-state index contributed by atoms with van der Waals surface area (Å²) in [5.74, 6) is -0.180. The second-order valence-corrected chi connectivity index (χ2v) is 7.55. The van der Waals surface area contributed by atoms with E-state index in [-0.39, 0.29) is 5.91 Å². The molecule has 30 heavy (non-hydrogen) atoms. The Hall–Kier alpha value is -3.57. The van der Waals surface area contributed by atoms with E-state index in [0.717, 1.165) is 33.4 Å². The minimum atomic E-state index is -0.715. The average Bonchev–Trinajstić information content (AvgIpc) is 3.22. The van der Waals surface area contributed by atoms with Gasteiger partial charge in [-0.25, -0.2) is 0 Å². The van der Waals surface area contributed by atoms with Crippen LogP contribution in [0.4, 0.5) is 0 Å². The molecule has 3 aromatic rings. The summed E-state index contributed by atoms with van der Waals surface area (Å²) in [6.45, 7) is 0.436. The van der Waals surface area contributed by atoms with Crippen molar-refractivity contribution in [3.63, 3.8) is 0 Å². The van der Waals surface area contributed by atoms with E-state index >= 15 is 0 Å². The lowest BCUT2D eigenvalue weighted by molar-refractivity contribution is -0.121. The number of benzene rings is 3. The Morgan fingerprint density at radius 3 is 2.47 bits per heavy atom. The molecule has 0 bridgehead atoms. The number of hydrogen-bond acceptors (Lipinski definition) is 4. The minimum Gasteiger partial charge on any atom is -0.388 e. The number of carbonyl (C=O) groups is 1. The fourth-order valence-corrected chi connectivity index (χ4v) is 4.18. The number of aliphatic hydroxyl groups is 1. The average molecular weight is 395 g/mol. The van der Waals surface area contributed by atoms with Gasteiger partial charge in [-0.1, -0.05) is 78.9 Å². The van der Waals surface area contributed by atoms with Crippen LogP contribution in [0.5, 0.6) is 0 Å². The van der Waals surface area contributed by atoms with Crippen LogP contribution in [0.1, 0.15) is 33.9 Å². The number of nitrogens with zero attached hydrogens (tertiary/aromatic N) is 2. The van der Waals surface area contributed by atoms with Gasteiger partial charge in [-0.05, 0) is 22.3 Å². The maximum Gasteiger partial charge on any atom is 0.251 e. The van der Waals surface area contributed by atoms with Gasteiger partial charge in [0.05, 0.1) is 11.8 Å². The van der Waals surface area contributed by atoms with Crippen molar-refractivity contribution in [2.24, 2.45) is 10.2 Å². The number of aliphatic hydroxyl groups excluding tert-OH is 1. The maximum atomic E-state index is 13.1. The second kappa shape index (κ2) is 7.69. The Labute approximate surface area is 174 Å². The zero-order valence-electron chi connectivity index (χ0n) is 16.3. The third-order valence-electron chi connectivity index (χ3n) is 5.66. The Morgan fingerprint density at radius 2 is 1.63 bits per heavy atom. The summed E-state index contributed by atoms with van der Waals surface area (Å²) >= 11 is 0. The van der Waals surface area contributed by atoms with Gasteiger partial charge in [0, 0.05) is 24.1 Å². The lowest BCUT2D eigenvalue weighted by Gasteiger charge is -2.23. The van der Waals surface area contributed by atoms with Crippen LogP contribution in [0.3, 0.4) is 0 Å². The van der Waals surface area contributed by atoms with Crippen LogP contribution in [-0.4, -0.2) is 17.1 Å². The topological polar surface area (TPSA) is 74.0 Å². The second-order valence-electron chi connectivity index (χ2n) is 7.55. The normalized spacial score (nSPS) is 19.4. The quantitative estimate of drug-likeness (QED) is 0.694. The van der Waals surface area contributed by atoms with Crippen molar-refractivity contribution in [3.05, 3.63) is 107 Å². The van der Waals surface area contributed by atoms with Gasteiger partial charge in [-0.15, -0.1) is 0 Å². The van der Waals surface area contributed by atoms with Gasteiger partial charge < -0.3 is 10.4 Å². The van der Waals surface area contributed by atoms with E-state index in [2.05, 4.69) is 15.5 Å². The van der Waals surface area contributed by atoms with Crippen LogP contribution in [0.15, 0.2) is 89.1 Å². The highest BCUT2D eigenvalue weighted by atomic mass is 16.3. The molecular weight excluding hydrogens is 374 g/mol. The van der Waals surface area contributed by atoms with Crippen molar-refractivity contribution < 1.29 is 9.90 Å². The standard InChI is InChI=1S/C25H21N3O2/c29-21-14-17-10-4-5-11-18(17)22-23(20-13-7-6-12-19(20)21)27-28-24(22)25(30)26-15-16-8-2-1-3-9-16/h1-13,21,24,29H,14-15H2,(H,26,30). The number of carbonyl (C=O) groups excluding carboxylic acids is 1. The van der Waals surface area contributed by atoms with Crippen molar-refractivity contribution >= 4 is 17.2 Å². The molecule has 0 saturated carbocycles. The molecule has 0 spiro atoms. The number of rotatable bonds is 3. The first-order valence-corrected chi connectivity index (χ1v) is 10.0. The molecule has 1 heterocycles. The SMILES string of the molecule is O=C(NCc1ccccc1)C1N=NC2=C1c1ccccc1CC(O)c1ccccc12. The zero-order chi connectivity index (χ0) is 20.5. The van der Waals surface area contributed by atoms with Gasteiger partial charge in [0.1, 0.15) is 0 Å². The number of hydrogen-bond donors (Lipinski definition) is 2. The highest BCUT2D eigenvalue weighted by molar-refractivity contribution is 6.06. The van der Waals surface area contributed by atoms with Gasteiger partial charge in [-0.3, -0.25) is 4.79 Å². The molecule has 2 unspecified atom stereocenters. The summed E-state index contributed by atoms with van der Waals surface area (Å²) in [5.41, 5.74) is 6.04. The Bertz CT molecular complexity index is 1170. The van der Waals surface area contributed by atoms with Crippen molar-refractivity contribution in [2.45, 2.75) is 25.1 Å². The van der Waals surface area contributed by atoms with E-state index in [4.69, 9.17) is 0 Å². The van der Waals surface area contributed by atoms with Crippen LogP contribution >= 0.6 is 0 Å². The Balaban J connectivity index is 1.57. The van der Waals surface area contributed by atoms with Gasteiger partial charge >= 0.3 is 0 Å². The van der Waals surface area contributed by atoms with E-state index in [1.165, 1.54) is 0 Å². The highest BCUT2D eigenvalue weighted by Crippen LogP contribution is 2.43. The maximum absolute atomic E-state index is 13.1. The van der Waals surface area contributed by atoms with Crippen LogP contribution < -0.4 is 5.32 Å². The van der Waals surface area contributed by atoms with Gasteiger partial charge in [0.25, 0.3) is 5.91 Å². The third-order valence-corrected chi connectivity index (χ3v) is 5.66. The van der Waals surface area contributed by atoms with Crippen molar-refractivity contribution in [1.82, 2.24) is 5.32 Å². The largest absolute Gasteiger partial charge is 0.388 e. The fraction of sp³-hybridized carbons (Fsp3) is 0.160. The molecule has 0 aromatic heterocycles. The monoisotopic (exact) mass is 395 g/mol. The van der Waals surface area contributed by atoms with Gasteiger partial charge in [-0.2, -0.15) is 10.2 Å². The first-order chi connectivity index (χ1) is 14.7. The van der Waals surface area contributed by atoms with Crippen molar-refractivity contribution in [2.75, 3.05) is 0 Å². The number of azo groups is 1. The number of fused-ring (bicyclic) bond motifs is 4. The smallest absolute Gasteiger partial charge is 0.251 e. The summed E-state index contributed by atoms with van der Waals surface area (Å²) in [6.07, 6.45) is -0.167. The van der Waals surface area contributed by atoms with E-state index in [0.29, 0.717) is 18.7 Å². The third kappa shape index (κ3) is 3.23. The van der Waals surface area contributed by atoms with Gasteiger partial charge in [0.2, 0.25) is 0 Å². The number of nitrogens with one attached hydrogen (secondary N) is 1. The fourth-order valence-electron chi connectivity index (χ4n) is 4.18. The summed E-state index contributed by atoms with van der Waals surface area (Å²) < 4.78 is 0. The molecule has 5 nitrogen and oxygen atoms in total. The molecule has 5 rings (SSSR count). The number of amides is 1. The summed E-state index contributed by atoms with van der Waals surface area (Å²) in [5, 5.41) is 22.6. The summed E-state index contributed by atoms with van der Waals surface area (Å²) in [6, 6.07) is 24.6. The predicted molar refractivity (Wildman–Crippen MR) is 115 cm³/mol. The zero-order valence-corrected chi connectivity index (χ0v) is 16.3. The minimum absolute atomic E-state index is 0.180. The lowest BCUT2D eigenvalue weighted by Crippen LogP contribution is -2.33. The van der Waals surface area contributed by atoms with Crippen LogP contribution in [0.2, 0.25) is 0 Å². The predicted octanol–water partition coefficient (Wildman–Crippen LogP) is 4.30. The molecule has 0 fully saturated rings. The Kier molecular flexibility index (Phi) is 4.73. The summed E-state index contributed by atoms with van der Waals surface area (Å²) in [4.78, 5) is 13.1. The first kappa shape index (κ1) is 18.5. The molecular formula is C25H21N3O2. The molecule has 1 aliphatic carbocycles. The first-order valence-electron chi connectivity index (χ1n) is 10.0. The highest BCUT2D eigenvalue weighted by Gasteiger charge is 2.35. The Morgan fingerprint density at radius 1 is 0.933 bits per heavy atom. The van der Waals surface area contributed by atoms with E-state index in [9.17, 15) is 9.90 Å². The van der Waals surface area contributed by atoms with Crippen LogP contribution in [-0.2, 0) is 17.8 Å². The van der Waals surface area contributed by atoms with Crippen LogP contribution in [0.25, 0.3) is 11.3 Å². The molecule has 148 valence electrons. The molecule has 0 radical (unpaired) electrons. The van der Waals surface area contributed by atoms with Crippen molar-refractivity contribution in [3.8, 4) is 0 Å².